The van der Waals surface area contributed by atoms with Gasteiger partial charge in [-0.05, 0) is 14.1 Å². The van der Waals surface area contributed by atoms with Crippen LogP contribution in [0.25, 0.3) is 0 Å². The third-order valence-electron chi connectivity index (χ3n) is 2.85. The van der Waals surface area contributed by atoms with E-state index >= 15 is 0 Å². The Balaban J connectivity index is -0.00000123. The van der Waals surface area contributed by atoms with Crippen LogP contribution in [0.15, 0.2) is 26.0 Å². The molecule has 1 amide bonds. The Bertz CT molecular complexity index is 640. The predicted molar refractivity (Wildman–Crippen MR) is 92.3 cm³/mol. The van der Waals surface area contributed by atoms with Gasteiger partial charge in [0.2, 0.25) is 0 Å². The topological polar surface area (TPSA) is 110 Å². The molecule has 174 valence electrons. The summed E-state index contributed by atoms with van der Waals surface area (Å²) >= 11 is 0. The third kappa shape index (κ3) is 9.47. The van der Waals surface area contributed by atoms with Gasteiger partial charge in [-0.1, -0.05) is 6.58 Å². The number of aliphatic hydroxyl groups is 1. The lowest BCUT2D eigenvalue weighted by molar-refractivity contribution is -0.880. The maximum atomic E-state index is 14.1. The standard InChI is InChI=1S/C10H17F6N3O4S.C2H4O.C2H4/c1-18(2)10(15,16)8(11,9(12,13)14)7(20)17-5-19(3,4)6-24(21,22)23;1-2-3;1-2/h5-6H2,1-4H3,(H-,17,20,21,22,23);2-3H,1H2;1-2H2. The second kappa shape index (κ2) is 11.4. The molecular formula is C14H25F6N3O5S. The molecule has 0 radical (unpaired) electrons. The van der Waals surface area contributed by atoms with Gasteiger partial charge >= 0.3 is 17.9 Å². The summed E-state index contributed by atoms with van der Waals surface area (Å²) in [6.45, 7) is 7.91. The van der Waals surface area contributed by atoms with Gasteiger partial charge in [-0.3, -0.25) is 9.28 Å². The first-order chi connectivity index (χ1) is 12.7. The molecule has 0 aromatic rings. The molecular weight excluding hydrogens is 436 g/mol. The Morgan fingerprint density at radius 2 is 1.52 bits per heavy atom. The molecule has 0 saturated heterocycles. The van der Waals surface area contributed by atoms with E-state index in [9.17, 15) is 44.1 Å². The smallest absolute Gasteiger partial charge is 0.439 e. The van der Waals surface area contributed by atoms with Crippen LogP contribution in [0.4, 0.5) is 26.3 Å². The maximum Gasteiger partial charge on any atom is 0.439 e. The highest BCUT2D eigenvalue weighted by Crippen LogP contribution is 2.46. The fourth-order valence-electron chi connectivity index (χ4n) is 1.63. The fraction of sp³-hybridized carbons (Fsp3) is 0.643. The van der Waals surface area contributed by atoms with E-state index < -0.39 is 55.8 Å². The second-order valence-electron chi connectivity index (χ2n) is 6.06. The molecule has 0 spiro atoms. The Kier molecular flexibility index (Phi) is 12.5. The summed E-state index contributed by atoms with van der Waals surface area (Å²) in [4.78, 5) is 11.1. The van der Waals surface area contributed by atoms with E-state index in [4.69, 9.17) is 5.11 Å². The molecule has 1 atom stereocenters. The Labute approximate surface area is 165 Å². The summed E-state index contributed by atoms with van der Waals surface area (Å²) in [5, 5.41) is 8.62. The molecule has 0 aliphatic rings. The van der Waals surface area contributed by atoms with E-state index in [-0.39, 0.29) is 0 Å². The van der Waals surface area contributed by atoms with Crippen LogP contribution in [-0.4, -0.2) is 92.0 Å². The van der Waals surface area contributed by atoms with Gasteiger partial charge in [-0.15, -0.1) is 13.2 Å². The average Bonchev–Trinajstić information content (AvgIpc) is 2.50. The summed E-state index contributed by atoms with van der Waals surface area (Å²) in [6.07, 6.45) is -5.51. The molecule has 2 N–H and O–H groups in total. The monoisotopic (exact) mass is 461 g/mol. The van der Waals surface area contributed by atoms with Crippen molar-refractivity contribution in [2.24, 2.45) is 0 Å². The Morgan fingerprint density at radius 1 is 1.17 bits per heavy atom. The van der Waals surface area contributed by atoms with E-state index in [1.165, 1.54) is 5.32 Å². The van der Waals surface area contributed by atoms with E-state index in [0.717, 1.165) is 20.4 Å². The highest BCUT2D eigenvalue weighted by Gasteiger charge is 2.77. The van der Waals surface area contributed by atoms with Crippen molar-refractivity contribution in [1.29, 1.82) is 0 Å². The largest absolute Gasteiger partial charge is 0.744 e. The van der Waals surface area contributed by atoms with Crippen molar-refractivity contribution in [3.63, 3.8) is 0 Å². The number of rotatable bonds is 7. The van der Waals surface area contributed by atoms with Crippen LogP contribution in [0, 0.1) is 0 Å². The van der Waals surface area contributed by atoms with Crippen LogP contribution in [0.3, 0.4) is 0 Å². The Morgan fingerprint density at radius 3 is 1.76 bits per heavy atom. The minimum Gasteiger partial charge on any atom is -0.744 e. The maximum absolute atomic E-state index is 14.1. The van der Waals surface area contributed by atoms with Crippen molar-refractivity contribution < 1.29 is 53.7 Å². The van der Waals surface area contributed by atoms with E-state index in [2.05, 4.69) is 19.7 Å². The number of quaternary nitrogens is 1. The second-order valence-corrected chi connectivity index (χ2v) is 7.43. The molecule has 29 heavy (non-hydrogen) atoms. The minimum absolute atomic E-state index is 0.415. The van der Waals surface area contributed by atoms with Crippen LogP contribution < -0.4 is 5.32 Å². The zero-order valence-electron chi connectivity index (χ0n) is 16.3. The molecule has 0 heterocycles. The van der Waals surface area contributed by atoms with Crippen LogP contribution in [-0.2, 0) is 14.9 Å². The van der Waals surface area contributed by atoms with Gasteiger partial charge in [0.15, 0.2) is 12.5 Å². The van der Waals surface area contributed by atoms with Crippen LogP contribution in [0.5, 0.6) is 0 Å². The van der Waals surface area contributed by atoms with Crippen molar-refractivity contribution in [1.82, 2.24) is 10.2 Å². The highest BCUT2D eigenvalue weighted by atomic mass is 32.2. The van der Waals surface area contributed by atoms with Crippen molar-refractivity contribution in [3.05, 3.63) is 26.0 Å². The lowest BCUT2D eigenvalue weighted by Crippen LogP contribution is -2.69. The first-order valence-electron chi connectivity index (χ1n) is 7.29. The first kappa shape index (κ1) is 31.8. The molecule has 0 aliphatic carbocycles. The molecule has 0 saturated carbocycles. The molecule has 0 aliphatic heterocycles. The molecule has 1 unspecified atom stereocenters. The number of alkyl halides is 6. The van der Waals surface area contributed by atoms with Gasteiger partial charge in [0.25, 0.3) is 5.91 Å². The van der Waals surface area contributed by atoms with E-state index in [1.807, 2.05) is 0 Å². The van der Waals surface area contributed by atoms with Crippen LogP contribution >= 0.6 is 0 Å². The van der Waals surface area contributed by atoms with E-state index in [0.29, 0.717) is 14.1 Å². The number of carbonyl (C=O) groups is 1. The van der Waals surface area contributed by atoms with Gasteiger partial charge < -0.3 is 15.0 Å². The summed E-state index contributed by atoms with van der Waals surface area (Å²) < 4.78 is 111. The summed E-state index contributed by atoms with van der Waals surface area (Å²) in [7, 11) is -1.94. The number of amides is 1. The van der Waals surface area contributed by atoms with Crippen molar-refractivity contribution in [2.75, 3.05) is 40.7 Å². The summed E-state index contributed by atoms with van der Waals surface area (Å²) in [5.41, 5.74) is -5.58. The quantitative estimate of drug-likeness (QED) is 0.113. The predicted octanol–water partition coefficient (Wildman–Crippen LogP) is 1.55. The summed E-state index contributed by atoms with van der Waals surface area (Å²) in [5.74, 6) is -3.87. The molecule has 0 aromatic carbocycles. The molecule has 0 fully saturated rings. The van der Waals surface area contributed by atoms with Gasteiger partial charge in [0, 0.05) is 0 Å². The lowest BCUT2D eigenvalue weighted by Gasteiger charge is -2.38. The minimum atomic E-state index is -6.26. The molecule has 0 aromatic heterocycles. The van der Waals surface area contributed by atoms with Crippen molar-refractivity contribution >= 4 is 16.0 Å². The fourth-order valence-corrected chi connectivity index (χ4v) is 2.57. The number of nitrogens with zero attached hydrogens (tertiary/aromatic N) is 2. The number of nitrogens with one attached hydrogen (secondary N) is 1. The molecule has 0 rings (SSSR count). The number of carbonyl (C=O) groups excluding carboxylic acids is 1. The number of hydrogen-bond donors (Lipinski definition) is 2. The molecule has 8 nitrogen and oxygen atoms in total. The van der Waals surface area contributed by atoms with Crippen molar-refractivity contribution in [2.45, 2.75) is 17.9 Å². The summed E-state index contributed by atoms with van der Waals surface area (Å²) in [6, 6.07) is -5.24. The van der Waals surface area contributed by atoms with Gasteiger partial charge in [0.1, 0.15) is 10.1 Å². The van der Waals surface area contributed by atoms with E-state index in [1.54, 1.807) is 0 Å². The first-order valence-corrected chi connectivity index (χ1v) is 8.87. The number of halogens is 6. The SMILES string of the molecule is C=C.C=CO.CN(C)C(F)(F)C(F)(C(=O)NC[N+](C)(C)CS(=O)(=O)[O-])C(F)(F)F. The average molecular weight is 461 g/mol. The Hall–Kier alpha value is -1.84. The third-order valence-corrected chi connectivity index (χ3v) is 3.87. The molecule has 15 heteroatoms. The zero-order valence-corrected chi connectivity index (χ0v) is 17.1. The van der Waals surface area contributed by atoms with Gasteiger partial charge in [0.05, 0.1) is 20.4 Å². The van der Waals surface area contributed by atoms with Crippen LogP contribution in [0.1, 0.15) is 0 Å². The van der Waals surface area contributed by atoms with Crippen molar-refractivity contribution in [3.8, 4) is 0 Å². The normalized spacial score (nSPS) is 14.5. The zero-order chi connectivity index (χ0) is 24.5. The lowest BCUT2D eigenvalue weighted by atomic mass is 10.0. The number of hydrogen-bond acceptors (Lipinski definition) is 6. The molecule has 0 bridgehead atoms. The highest BCUT2D eigenvalue weighted by molar-refractivity contribution is 7.85. The number of aliphatic hydroxyl groups excluding tert-OH is 1. The van der Waals surface area contributed by atoms with Gasteiger partial charge in [-0.2, -0.15) is 22.0 Å². The van der Waals surface area contributed by atoms with Crippen LogP contribution in [0.2, 0.25) is 0 Å². The van der Waals surface area contributed by atoms with Gasteiger partial charge in [-0.25, -0.2) is 17.7 Å².